The smallest absolute Gasteiger partial charge is 0.323 e. The van der Waals surface area contributed by atoms with Crippen molar-refractivity contribution >= 4 is 11.9 Å². The summed E-state index contributed by atoms with van der Waals surface area (Å²) in [4.78, 5) is 15.2. The normalized spacial score (nSPS) is 18.9. The minimum absolute atomic E-state index is 0.0151. The highest BCUT2D eigenvalue weighted by Gasteiger charge is 2.22. The van der Waals surface area contributed by atoms with E-state index in [1.807, 2.05) is 20.8 Å². The van der Waals surface area contributed by atoms with E-state index >= 15 is 0 Å². The Bertz CT molecular complexity index is 455. The number of aromatic nitrogens is 3. The largest absolute Gasteiger partial charge is 0.461 e. The van der Waals surface area contributed by atoms with Gasteiger partial charge in [0.15, 0.2) is 0 Å². The van der Waals surface area contributed by atoms with E-state index in [0.29, 0.717) is 17.9 Å². The third kappa shape index (κ3) is 4.42. The summed E-state index contributed by atoms with van der Waals surface area (Å²) in [6.07, 6.45) is 2.10. The fourth-order valence-electron chi connectivity index (χ4n) is 2.38. The van der Waals surface area contributed by atoms with E-state index in [1.165, 1.54) is 0 Å². The number of aliphatic hydroxyl groups is 1. The second kappa shape index (κ2) is 7.40. The number of aliphatic hydroxyl groups excluding tert-OH is 1. The fourth-order valence-corrected chi connectivity index (χ4v) is 2.38. The lowest BCUT2D eigenvalue weighted by atomic mass is 9.99. The van der Waals surface area contributed by atoms with Crippen molar-refractivity contribution in [2.45, 2.75) is 39.7 Å². The average molecular weight is 295 g/mol. The van der Waals surface area contributed by atoms with Crippen LogP contribution in [0.15, 0.2) is 0 Å². The van der Waals surface area contributed by atoms with Gasteiger partial charge in [0.25, 0.3) is 0 Å². The van der Waals surface area contributed by atoms with Gasteiger partial charge in [-0.05, 0) is 39.5 Å². The van der Waals surface area contributed by atoms with Crippen molar-refractivity contribution in [3.05, 3.63) is 0 Å². The molecule has 7 heteroatoms. The van der Waals surface area contributed by atoms with E-state index in [1.54, 1.807) is 0 Å². The zero-order chi connectivity index (χ0) is 15.2. The second-order valence-corrected chi connectivity index (χ2v) is 5.58. The lowest BCUT2D eigenvalue weighted by Gasteiger charge is -2.31. The van der Waals surface area contributed by atoms with E-state index < -0.39 is 0 Å². The summed E-state index contributed by atoms with van der Waals surface area (Å²) < 4.78 is 5.61. The van der Waals surface area contributed by atoms with Crippen molar-refractivity contribution < 1.29 is 9.84 Å². The Morgan fingerprint density at radius 1 is 1.38 bits per heavy atom. The standard InChI is InChI=1S/C14H25N5O2/c1-4-15-12-16-13(18-14(17-12)21-10(2)3)19-7-5-6-11(8-19)9-20/h10-11,20H,4-9H2,1-3H3,(H,15,16,17,18). The molecular weight excluding hydrogens is 270 g/mol. The van der Waals surface area contributed by atoms with Gasteiger partial charge in [0, 0.05) is 26.2 Å². The predicted octanol–water partition coefficient (Wildman–Crippen LogP) is 1.30. The van der Waals surface area contributed by atoms with Crippen molar-refractivity contribution in [2.75, 3.05) is 36.5 Å². The summed E-state index contributed by atoms with van der Waals surface area (Å²) >= 11 is 0. The molecule has 0 radical (unpaired) electrons. The van der Waals surface area contributed by atoms with Crippen LogP contribution in [-0.4, -0.2) is 52.4 Å². The van der Waals surface area contributed by atoms with Gasteiger partial charge in [0.2, 0.25) is 11.9 Å². The minimum Gasteiger partial charge on any atom is -0.461 e. The topological polar surface area (TPSA) is 83.4 Å². The van der Waals surface area contributed by atoms with Crippen LogP contribution >= 0.6 is 0 Å². The first kappa shape index (κ1) is 15.8. The maximum absolute atomic E-state index is 9.35. The van der Waals surface area contributed by atoms with Gasteiger partial charge >= 0.3 is 6.01 Å². The summed E-state index contributed by atoms with van der Waals surface area (Å²) in [7, 11) is 0. The van der Waals surface area contributed by atoms with Gasteiger partial charge in [-0.1, -0.05) is 0 Å². The Morgan fingerprint density at radius 2 is 2.19 bits per heavy atom. The quantitative estimate of drug-likeness (QED) is 0.818. The molecule has 118 valence electrons. The van der Waals surface area contributed by atoms with Crippen LogP contribution in [0.5, 0.6) is 6.01 Å². The molecule has 0 amide bonds. The SMILES string of the molecule is CCNc1nc(OC(C)C)nc(N2CCCC(CO)C2)n1. The summed E-state index contributed by atoms with van der Waals surface area (Å²) in [5, 5.41) is 12.5. The van der Waals surface area contributed by atoms with Gasteiger partial charge in [-0.15, -0.1) is 0 Å². The van der Waals surface area contributed by atoms with E-state index in [2.05, 4.69) is 25.2 Å². The number of nitrogens with one attached hydrogen (secondary N) is 1. The molecule has 1 saturated heterocycles. The van der Waals surface area contributed by atoms with Crippen LogP contribution in [0.4, 0.5) is 11.9 Å². The second-order valence-electron chi connectivity index (χ2n) is 5.58. The predicted molar refractivity (Wildman–Crippen MR) is 81.8 cm³/mol. The van der Waals surface area contributed by atoms with Crippen molar-refractivity contribution in [1.82, 2.24) is 15.0 Å². The number of ether oxygens (including phenoxy) is 1. The van der Waals surface area contributed by atoms with Crippen LogP contribution in [0.3, 0.4) is 0 Å². The highest BCUT2D eigenvalue weighted by molar-refractivity contribution is 5.38. The minimum atomic E-state index is 0.0151. The number of hydrogen-bond donors (Lipinski definition) is 2. The monoisotopic (exact) mass is 295 g/mol. The Morgan fingerprint density at radius 3 is 2.86 bits per heavy atom. The summed E-state index contributed by atoms with van der Waals surface area (Å²) in [6.45, 7) is 8.49. The molecule has 1 aromatic heterocycles. The molecule has 0 bridgehead atoms. The number of nitrogens with zero attached hydrogens (tertiary/aromatic N) is 4. The Kier molecular flexibility index (Phi) is 5.55. The Labute approximate surface area is 125 Å². The number of anilines is 2. The van der Waals surface area contributed by atoms with E-state index in [9.17, 15) is 5.11 Å². The zero-order valence-corrected chi connectivity index (χ0v) is 13.0. The molecule has 2 rings (SSSR count). The molecule has 1 aromatic rings. The number of piperidine rings is 1. The molecule has 1 aliphatic heterocycles. The van der Waals surface area contributed by atoms with Gasteiger partial charge in [0.05, 0.1) is 6.10 Å². The van der Waals surface area contributed by atoms with Gasteiger partial charge < -0.3 is 20.1 Å². The van der Waals surface area contributed by atoms with Gasteiger partial charge in [-0.3, -0.25) is 0 Å². The molecule has 2 N–H and O–H groups in total. The third-order valence-corrected chi connectivity index (χ3v) is 3.34. The van der Waals surface area contributed by atoms with Crippen molar-refractivity contribution in [3.8, 4) is 6.01 Å². The first-order valence-corrected chi connectivity index (χ1v) is 7.64. The van der Waals surface area contributed by atoms with Gasteiger partial charge in [-0.25, -0.2) is 0 Å². The van der Waals surface area contributed by atoms with Crippen LogP contribution in [0.1, 0.15) is 33.6 Å². The van der Waals surface area contributed by atoms with Crippen LogP contribution in [0, 0.1) is 5.92 Å². The number of hydrogen-bond acceptors (Lipinski definition) is 7. The molecule has 0 saturated carbocycles. The van der Waals surface area contributed by atoms with Crippen molar-refractivity contribution in [1.29, 1.82) is 0 Å². The molecule has 1 atom stereocenters. The molecule has 0 aliphatic carbocycles. The van der Waals surface area contributed by atoms with Crippen LogP contribution in [-0.2, 0) is 0 Å². The average Bonchev–Trinajstić information content (AvgIpc) is 2.46. The Balaban J connectivity index is 2.21. The molecule has 1 fully saturated rings. The first-order valence-electron chi connectivity index (χ1n) is 7.64. The molecular formula is C14H25N5O2. The lowest BCUT2D eigenvalue weighted by Crippen LogP contribution is -2.38. The van der Waals surface area contributed by atoms with Crippen LogP contribution in [0.25, 0.3) is 0 Å². The molecule has 7 nitrogen and oxygen atoms in total. The number of rotatable bonds is 6. The molecule has 2 heterocycles. The van der Waals surface area contributed by atoms with Gasteiger partial charge in [0.1, 0.15) is 0 Å². The maximum Gasteiger partial charge on any atom is 0.323 e. The van der Waals surface area contributed by atoms with Crippen molar-refractivity contribution in [2.24, 2.45) is 5.92 Å². The highest BCUT2D eigenvalue weighted by atomic mass is 16.5. The van der Waals surface area contributed by atoms with Crippen molar-refractivity contribution in [3.63, 3.8) is 0 Å². The first-order chi connectivity index (χ1) is 10.1. The Hall–Kier alpha value is -1.63. The highest BCUT2D eigenvalue weighted by Crippen LogP contribution is 2.22. The van der Waals surface area contributed by atoms with E-state index in [-0.39, 0.29) is 18.6 Å². The summed E-state index contributed by atoms with van der Waals surface area (Å²) in [5.41, 5.74) is 0. The summed E-state index contributed by atoms with van der Waals surface area (Å²) in [6, 6.07) is 0.345. The lowest BCUT2D eigenvalue weighted by molar-refractivity contribution is 0.207. The summed E-state index contributed by atoms with van der Waals surface area (Å²) in [5.74, 6) is 1.44. The fraction of sp³-hybridized carbons (Fsp3) is 0.786. The molecule has 1 aliphatic rings. The van der Waals surface area contributed by atoms with E-state index in [4.69, 9.17) is 4.74 Å². The van der Waals surface area contributed by atoms with Crippen LogP contribution < -0.4 is 15.0 Å². The van der Waals surface area contributed by atoms with Crippen LogP contribution in [0.2, 0.25) is 0 Å². The van der Waals surface area contributed by atoms with Gasteiger partial charge in [-0.2, -0.15) is 15.0 Å². The molecule has 1 unspecified atom stereocenters. The third-order valence-electron chi connectivity index (χ3n) is 3.34. The molecule has 0 aromatic carbocycles. The zero-order valence-electron chi connectivity index (χ0n) is 13.0. The molecule has 0 spiro atoms. The molecule has 21 heavy (non-hydrogen) atoms. The van der Waals surface area contributed by atoms with E-state index in [0.717, 1.165) is 32.5 Å². The maximum atomic E-state index is 9.35.